The van der Waals surface area contributed by atoms with Crippen molar-refractivity contribution in [2.75, 3.05) is 14.7 Å². The molecule has 4 heteroatoms. The van der Waals surface area contributed by atoms with Gasteiger partial charge in [-0.1, -0.05) is 320 Å². The Balaban J connectivity index is 0.932. The van der Waals surface area contributed by atoms with Gasteiger partial charge in [0.15, 0.2) is 0 Å². The third-order valence-electron chi connectivity index (χ3n) is 26.2. The van der Waals surface area contributed by atoms with Crippen molar-refractivity contribution < 1.29 is 0 Å². The fourth-order valence-corrected chi connectivity index (χ4v) is 21.2. The Morgan fingerprint density at radius 3 is 1.19 bits per heavy atom. The van der Waals surface area contributed by atoms with E-state index < -0.39 is 0 Å². The SMILES string of the molecule is CC(C)(C)C1=CC2=C(c3ccc4c(c3)B3c5cc(-c6ccccc6)ccc5N(c5c(-c6ccccc6)cc(-c6ccccc6)cc5-c5ccccc5)c5cc(N6C7CC8CC(C7)CC6C8)cc(c53)N4c3c(-c4ccccc4)cc(-c4ccccc4)cc3-c3ccccc3)C=C3C=C(C(C)(C)C)CC4C=CC(=C1)C2C34. The summed E-state index contributed by atoms with van der Waals surface area (Å²) >= 11 is 0. The highest BCUT2D eigenvalue weighted by molar-refractivity contribution is 7.00. The van der Waals surface area contributed by atoms with E-state index in [4.69, 9.17) is 0 Å². The van der Waals surface area contributed by atoms with Crippen molar-refractivity contribution in [3.63, 3.8) is 0 Å². The first-order valence-electron chi connectivity index (χ1n) is 40.2. The lowest BCUT2D eigenvalue weighted by molar-refractivity contribution is 0.0900. The molecule has 3 atom stereocenters. The van der Waals surface area contributed by atoms with Gasteiger partial charge in [0, 0.05) is 74.6 Å². The van der Waals surface area contributed by atoms with E-state index in [-0.39, 0.29) is 23.5 Å². The number of rotatable bonds is 11. The van der Waals surface area contributed by atoms with E-state index in [9.17, 15) is 0 Å². The summed E-state index contributed by atoms with van der Waals surface area (Å²) in [6, 6.07) is 111. The molecule has 0 N–H and O–H groups in total. The Bertz CT molecular complexity index is 5680. The summed E-state index contributed by atoms with van der Waals surface area (Å²) in [4.78, 5) is 8.58. The molecule has 4 bridgehead atoms. The average molecular weight is 1400 g/mol. The summed E-state index contributed by atoms with van der Waals surface area (Å²) in [5.74, 6) is 2.57. The molecule has 0 amide bonds. The number of hydrogen-bond acceptors (Lipinski definition) is 3. The normalized spacial score (nSPS) is 21.1. The third-order valence-corrected chi connectivity index (χ3v) is 26.2. The number of benzene rings is 12. The van der Waals surface area contributed by atoms with Crippen LogP contribution in [0.2, 0.25) is 0 Å². The molecular formula is C105H90BN3. The van der Waals surface area contributed by atoms with E-state index in [1.54, 1.807) is 0 Å². The van der Waals surface area contributed by atoms with Crippen LogP contribution in [0.5, 0.6) is 0 Å². The minimum absolute atomic E-state index is 0.0319. The van der Waals surface area contributed by atoms with Gasteiger partial charge in [-0.25, -0.2) is 0 Å². The van der Waals surface area contributed by atoms with E-state index in [1.807, 2.05) is 0 Å². The van der Waals surface area contributed by atoms with Gasteiger partial charge in [0.25, 0.3) is 6.71 Å². The summed E-state index contributed by atoms with van der Waals surface area (Å²) in [6.07, 6.45) is 23.1. The van der Waals surface area contributed by atoms with Gasteiger partial charge < -0.3 is 14.7 Å². The average Bonchev–Trinajstić information content (AvgIpc) is 0.691. The van der Waals surface area contributed by atoms with Gasteiger partial charge >= 0.3 is 0 Å². The van der Waals surface area contributed by atoms with Crippen LogP contribution in [0.4, 0.5) is 39.8 Å². The summed E-state index contributed by atoms with van der Waals surface area (Å²) in [5.41, 5.74) is 38.9. The molecule has 12 aromatic carbocycles. The molecule has 12 aromatic rings. The smallest absolute Gasteiger partial charge is 0.252 e. The van der Waals surface area contributed by atoms with Gasteiger partial charge in [-0.3, -0.25) is 0 Å². The topological polar surface area (TPSA) is 9.72 Å². The maximum atomic E-state index is 2.98. The number of hydrogen-bond donors (Lipinski definition) is 0. The van der Waals surface area contributed by atoms with Crippen LogP contribution in [0.15, 0.2) is 349 Å². The predicted octanol–water partition coefficient (Wildman–Crippen LogP) is 25.6. The Kier molecular flexibility index (Phi) is 15.5. The summed E-state index contributed by atoms with van der Waals surface area (Å²) in [6.45, 7) is 14.2. The van der Waals surface area contributed by atoms with Crippen molar-refractivity contribution in [2.45, 2.75) is 92.2 Å². The second kappa shape index (κ2) is 25.6. The molecule has 4 aliphatic heterocycles. The van der Waals surface area contributed by atoms with E-state index in [0.717, 1.165) is 18.3 Å². The van der Waals surface area contributed by atoms with Crippen LogP contribution in [0, 0.1) is 40.4 Å². The monoisotopic (exact) mass is 1400 g/mol. The van der Waals surface area contributed by atoms with Crippen LogP contribution in [-0.2, 0) is 0 Å². The van der Waals surface area contributed by atoms with Gasteiger partial charge in [-0.15, -0.1) is 0 Å². The van der Waals surface area contributed by atoms with Crippen LogP contribution in [0.1, 0.15) is 85.6 Å². The van der Waals surface area contributed by atoms with E-state index in [1.165, 1.54) is 205 Å². The van der Waals surface area contributed by atoms with E-state index in [2.05, 4.69) is 378 Å². The molecule has 22 rings (SSSR count). The van der Waals surface area contributed by atoms with Crippen LogP contribution < -0.4 is 31.1 Å². The molecule has 2 saturated carbocycles. The molecule has 4 fully saturated rings. The molecule has 4 heterocycles. The highest BCUT2D eigenvalue weighted by Gasteiger charge is 2.51. The summed E-state index contributed by atoms with van der Waals surface area (Å²) in [5, 5.41) is 0. The first-order valence-corrected chi connectivity index (χ1v) is 40.2. The third kappa shape index (κ3) is 11.0. The van der Waals surface area contributed by atoms with Crippen molar-refractivity contribution in [3.8, 4) is 77.9 Å². The molecule has 6 aliphatic carbocycles. The zero-order valence-electron chi connectivity index (χ0n) is 63.3. The molecule has 3 nitrogen and oxygen atoms in total. The Morgan fingerprint density at radius 1 is 0.349 bits per heavy atom. The van der Waals surface area contributed by atoms with Crippen LogP contribution >= 0.6 is 0 Å². The van der Waals surface area contributed by atoms with Gasteiger partial charge in [-0.2, -0.15) is 0 Å². The molecule has 0 spiro atoms. The number of allylic oxidation sites excluding steroid dienone is 12. The van der Waals surface area contributed by atoms with E-state index in [0.29, 0.717) is 23.9 Å². The van der Waals surface area contributed by atoms with Crippen molar-refractivity contribution in [1.82, 2.24) is 0 Å². The lowest BCUT2D eigenvalue weighted by Gasteiger charge is -2.58. The molecule has 0 aromatic heterocycles. The lowest BCUT2D eigenvalue weighted by Crippen LogP contribution is -2.62. The molecule has 0 radical (unpaired) electrons. The van der Waals surface area contributed by atoms with Gasteiger partial charge in [0.1, 0.15) is 0 Å². The fourth-order valence-electron chi connectivity index (χ4n) is 21.2. The Morgan fingerprint density at radius 2 is 0.761 bits per heavy atom. The minimum Gasteiger partial charge on any atom is -0.365 e. The largest absolute Gasteiger partial charge is 0.365 e. The van der Waals surface area contributed by atoms with Crippen LogP contribution in [-0.4, -0.2) is 18.8 Å². The maximum Gasteiger partial charge on any atom is 0.252 e. The molecule has 109 heavy (non-hydrogen) atoms. The molecule has 528 valence electrons. The molecule has 10 aliphatic rings. The lowest BCUT2D eigenvalue weighted by atomic mass is 9.33. The zero-order valence-corrected chi connectivity index (χ0v) is 63.3. The van der Waals surface area contributed by atoms with Gasteiger partial charge in [-0.05, 0) is 221 Å². The van der Waals surface area contributed by atoms with Crippen molar-refractivity contribution >= 4 is 68.5 Å². The predicted molar refractivity (Wildman–Crippen MR) is 461 cm³/mol. The van der Waals surface area contributed by atoms with Gasteiger partial charge in [0.2, 0.25) is 0 Å². The fraction of sp³-hybridized carbons (Fsp3) is 0.200. The highest BCUT2D eigenvalue weighted by Crippen LogP contribution is 2.61. The number of nitrogens with zero attached hydrogens (tertiary/aromatic N) is 3. The molecular weight excluding hydrogens is 1310 g/mol. The second-order valence-corrected chi connectivity index (χ2v) is 34.7. The number of fused-ring (bicyclic) bond motifs is 4. The number of piperidine rings is 2. The molecule has 2 saturated heterocycles. The van der Waals surface area contributed by atoms with Crippen LogP contribution in [0.25, 0.3) is 83.5 Å². The van der Waals surface area contributed by atoms with E-state index >= 15 is 0 Å². The quantitative estimate of drug-likeness (QED) is 0.120. The van der Waals surface area contributed by atoms with Crippen molar-refractivity contribution in [2.24, 2.45) is 40.4 Å². The summed E-state index contributed by atoms with van der Waals surface area (Å²) < 4.78 is 0. The highest BCUT2D eigenvalue weighted by atomic mass is 15.2. The standard InChI is InChI=1S/C105H90BN3/c1-104(2,3)82-53-77-42-43-78-54-83(105(4,5)6)63-92-87(60-81(55-82)99(77)100(78)92)76-45-47-96-94(62-76)106-93-61-75(68-28-14-7-15-29-68)44-46-95(93)108(102-88(71-34-20-10-21-35-71)56-79(69-30-16-8-17-31-69)57-89(102)72-36-22-11-23-37-72)97-64-86(107-84-49-66-48-67(51-84)52-85(107)50-66)65-98(101(97)106)109(96)103-90(73-38-24-12-25-39-73)58-80(70-32-18-9-19-33-70)59-91(103)74-40-26-13-27-41-74/h7-47,54-67,77,84-85,99-100H,48-53H2,1-6H3. The Labute approximate surface area is 644 Å². The second-order valence-electron chi connectivity index (χ2n) is 34.7. The van der Waals surface area contributed by atoms with Crippen molar-refractivity contribution in [3.05, 3.63) is 355 Å². The van der Waals surface area contributed by atoms with Gasteiger partial charge in [0.05, 0.1) is 11.4 Å². The maximum absolute atomic E-state index is 2.98. The first-order chi connectivity index (χ1) is 53.3. The number of anilines is 7. The minimum atomic E-state index is -0.234. The molecule has 3 unspecified atom stereocenters. The van der Waals surface area contributed by atoms with Crippen molar-refractivity contribution in [1.29, 1.82) is 0 Å². The van der Waals surface area contributed by atoms with Crippen LogP contribution in [0.3, 0.4) is 0 Å². The summed E-state index contributed by atoms with van der Waals surface area (Å²) in [7, 11) is 0. The zero-order chi connectivity index (χ0) is 73.0. The Hall–Kier alpha value is -11.5. The first kappa shape index (κ1) is 65.8.